The highest BCUT2D eigenvalue weighted by Crippen LogP contribution is 2.34. The highest BCUT2D eigenvalue weighted by molar-refractivity contribution is 6.09. The summed E-state index contributed by atoms with van der Waals surface area (Å²) in [6.07, 6.45) is 3.31. The number of aliphatic hydroxyl groups is 2. The van der Waals surface area contributed by atoms with Crippen molar-refractivity contribution in [2.75, 3.05) is 24.8 Å². The first kappa shape index (κ1) is 21.8. The number of rotatable bonds is 9. The normalized spacial score (nSPS) is 12.4. The number of para-hydroxylation sites is 1. The van der Waals surface area contributed by atoms with E-state index in [2.05, 4.69) is 31.8 Å². The Morgan fingerprint density at radius 1 is 1.22 bits per heavy atom. The Labute approximate surface area is 185 Å². The van der Waals surface area contributed by atoms with E-state index >= 15 is 0 Å². The third kappa shape index (κ3) is 4.04. The van der Waals surface area contributed by atoms with Crippen molar-refractivity contribution in [2.24, 2.45) is 0 Å². The van der Waals surface area contributed by atoms with E-state index in [4.69, 9.17) is 10.5 Å². The minimum Gasteiger partial charge on any atom is -0.481 e. The van der Waals surface area contributed by atoms with Crippen LogP contribution in [0.3, 0.4) is 0 Å². The van der Waals surface area contributed by atoms with Gasteiger partial charge >= 0.3 is 0 Å². The molecule has 0 aliphatic carbocycles. The molecule has 9 nitrogen and oxygen atoms in total. The van der Waals surface area contributed by atoms with E-state index < -0.39 is 0 Å². The van der Waals surface area contributed by atoms with Crippen molar-refractivity contribution in [1.82, 2.24) is 19.5 Å². The van der Waals surface area contributed by atoms with Gasteiger partial charge in [-0.2, -0.15) is 4.98 Å². The van der Waals surface area contributed by atoms with Crippen LogP contribution in [0.5, 0.6) is 5.88 Å². The lowest BCUT2D eigenvalue weighted by molar-refractivity contribution is 0.268. The Morgan fingerprint density at radius 3 is 2.75 bits per heavy atom. The van der Waals surface area contributed by atoms with E-state index in [9.17, 15) is 10.2 Å². The highest BCUT2D eigenvalue weighted by Gasteiger charge is 2.20. The number of ether oxygens (including phenoxy) is 1. The molecule has 0 bridgehead atoms. The summed E-state index contributed by atoms with van der Waals surface area (Å²) >= 11 is 0. The fourth-order valence-corrected chi connectivity index (χ4v) is 4.06. The molecule has 0 aliphatic heterocycles. The molecule has 0 saturated heterocycles. The molecule has 32 heavy (non-hydrogen) atoms. The zero-order valence-corrected chi connectivity index (χ0v) is 18.2. The lowest BCUT2D eigenvalue weighted by Gasteiger charge is -2.18. The number of nitrogens with two attached hydrogens (primary N) is 1. The first-order valence-corrected chi connectivity index (χ1v) is 10.6. The van der Waals surface area contributed by atoms with Gasteiger partial charge in [0.05, 0.1) is 38.4 Å². The zero-order chi connectivity index (χ0) is 22.7. The zero-order valence-electron chi connectivity index (χ0n) is 18.2. The van der Waals surface area contributed by atoms with Crippen molar-refractivity contribution >= 4 is 33.7 Å². The predicted octanol–water partition coefficient (Wildman–Crippen LogP) is 2.68. The van der Waals surface area contributed by atoms with E-state index in [1.54, 1.807) is 13.3 Å². The summed E-state index contributed by atoms with van der Waals surface area (Å²) in [5.74, 6) is 1.22. The van der Waals surface area contributed by atoms with Gasteiger partial charge in [0.15, 0.2) is 5.82 Å². The maximum absolute atomic E-state index is 9.84. The van der Waals surface area contributed by atoms with E-state index in [0.717, 1.165) is 40.3 Å². The number of fused-ring (bicyclic) bond motifs is 3. The summed E-state index contributed by atoms with van der Waals surface area (Å²) in [4.78, 5) is 13.4. The fraction of sp³-hybridized carbons (Fsp3) is 0.348. The van der Waals surface area contributed by atoms with Gasteiger partial charge in [-0.05, 0) is 24.1 Å². The smallest absolute Gasteiger partial charge is 0.222 e. The van der Waals surface area contributed by atoms with Crippen LogP contribution in [0.2, 0.25) is 0 Å². The number of nitrogen functional groups attached to an aromatic ring is 1. The summed E-state index contributed by atoms with van der Waals surface area (Å²) < 4.78 is 7.57. The Balaban J connectivity index is 1.95. The molecule has 0 radical (unpaired) electrons. The van der Waals surface area contributed by atoms with Crippen LogP contribution < -0.4 is 15.8 Å². The molecule has 0 amide bonds. The number of methoxy groups -OCH3 is 1. The molecule has 5 N–H and O–H groups in total. The van der Waals surface area contributed by atoms with Crippen LogP contribution in [0.1, 0.15) is 30.9 Å². The van der Waals surface area contributed by atoms with Gasteiger partial charge in [-0.3, -0.25) is 0 Å². The number of anilines is 2. The molecule has 4 aromatic rings. The molecular weight excluding hydrogens is 408 g/mol. The molecule has 4 rings (SSSR count). The number of nitrogens with zero attached hydrogens (tertiary/aromatic N) is 4. The van der Waals surface area contributed by atoms with Gasteiger partial charge in [0.2, 0.25) is 11.8 Å². The molecule has 3 heterocycles. The molecular formula is C23H28N6O3. The van der Waals surface area contributed by atoms with Crippen molar-refractivity contribution < 1.29 is 14.9 Å². The van der Waals surface area contributed by atoms with Crippen molar-refractivity contribution in [3.8, 4) is 5.88 Å². The van der Waals surface area contributed by atoms with E-state index in [1.807, 2.05) is 30.3 Å². The quantitative estimate of drug-likeness (QED) is 0.315. The molecule has 9 heteroatoms. The number of nitrogens with one attached hydrogen (secondary N) is 1. The minimum atomic E-state index is -0.155. The minimum absolute atomic E-state index is 0.0181. The summed E-state index contributed by atoms with van der Waals surface area (Å²) in [5.41, 5.74) is 10.0. The van der Waals surface area contributed by atoms with Gasteiger partial charge in [-0.15, -0.1) is 0 Å². The Morgan fingerprint density at radius 2 is 2.03 bits per heavy atom. The van der Waals surface area contributed by atoms with Gasteiger partial charge in [-0.1, -0.05) is 31.5 Å². The molecule has 0 fully saturated rings. The van der Waals surface area contributed by atoms with Gasteiger partial charge in [0, 0.05) is 17.1 Å². The summed E-state index contributed by atoms with van der Waals surface area (Å²) in [7, 11) is 1.57. The number of hydrogen-bond donors (Lipinski definition) is 4. The van der Waals surface area contributed by atoms with Gasteiger partial charge in [-0.25, -0.2) is 9.97 Å². The lowest BCUT2D eigenvalue weighted by atomic mass is 10.2. The number of aromatic nitrogens is 4. The second-order valence-corrected chi connectivity index (χ2v) is 7.71. The second-order valence-electron chi connectivity index (χ2n) is 7.71. The van der Waals surface area contributed by atoms with Crippen molar-refractivity contribution in [1.29, 1.82) is 0 Å². The van der Waals surface area contributed by atoms with Crippen LogP contribution in [0.15, 0.2) is 36.5 Å². The third-order valence-electron chi connectivity index (χ3n) is 5.51. The van der Waals surface area contributed by atoms with Crippen LogP contribution in [0, 0.1) is 0 Å². The fourth-order valence-electron chi connectivity index (χ4n) is 4.06. The number of pyridine rings is 1. The SMILES string of the molecule is CCC[C@@H](CO)Nc1nc(N)nc2c3ccccc3n(Cc3cc(CO)cnc3OC)c12. The largest absolute Gasteiger partial charge is 0.481 e. The average molecular weight is 437 g/mol. The Bertz CT molecular complexity index is 1240. The van der Waals surface area contributed by atoms with Crippen LogP contribution in [0.25, 0.3) is 21.9 Å². The van der Waals surface area contributed by atoms with Gasteiger partial charge < -0.3 is 30.6 Å². The summed E-state index contributed by atoms with van der Waals surface area (Å²) in [5, 5.41) is 23.7. The van der Waals surface area contributed by atoms with Crippen LogP contribution in [-0.4, -0.2) is 49.5 Å². The molecule has 1 atom stereocenters. The monoisotopic (exact) mass is 436 g/mol. The Hall–Kier alpha value is -3.43. The van der Waals surface area contributed by atoms with Gasteiger partial charge in [0.25, 0.3) is 0 Å². The summed E-state index contributed by atoms with van der Waals surface area (Å²) in [6.45, 7) is 2.36. The highest BCUT2D eigenvalue weighted by atomic mass is 16.5. The molecule has 1 aromatic carbocycles. The predicted molar refractivity (Wildman–Crippen MR) is 125 cm³/mol. The first-order chi connectivity index (χ1) is 15.6. The van der Waals surface area contributed by atoms with Crippen LogP contribution >= 0.6 is 0 Å². The van der Waals surface area contributed by atoms with Gasteiger partial charge in [0.1, 0.15) is 11.0 Å². The first-order valence-electron chi connectivity index (χ1n) is 10.6. The van der Waals surface area contributed by atoms with Crippen LogP contribution in [-0.2, 0) is 13.2 Å². The van der Waals surface area contributed by atoms with Crippen molar-refractivity contribution in [3.05, 3.63) is 47.7 Å². The average Bonchev–Trinajstić information content (AvgIpc) is 3.12. The molecule has 168 valence electrons. The Kier molecular flexibility index (Phi) is 6.38. The van der Waals surface area contributed by atoms with Crippen molar-refractivity contribution in [3.63, 3.8) is 0 Å². The van der Waals surface area contributed by atoms with Crippen molar-refractivity contribution in [2.45, 2.75) is 39.0 Å². The third-order valence-corrected chi connectivity index (χ3v) is 5.51. The topological polar surface area (TPSA) is 131 Å². The lowest BCUT2D eigenvalue weighted by Crippen LogP contribution is -2.25. The number of aliphatic hydroxyl groups excluding tert-OH is 2. The maximum atomic E-state index is 9.84. The van der Waals surface area contributed by atoms with E-state index in [0.29, 0.717) is 23.8 Å². The van der Waals surface area contributed by atoms with E-state index in [1.165, 1.54) is 0 Å². The molecule has 0 unspecified atom stereocenters. The standard InChI is InChI=1S/C23H28N6O3/c1-3-6-16(13-31)26-21-20-19(27-23(24)28-21)17-7-4-5-8-18(17)29(20)11-15-9-14(12-30)10-25-22(15)32-2/h4-5,7-10,16,30-31H,3,6,11-13H2,1-2H3,(H3,24,26,27,28)/t16-/m0/s1. The van der Waals surface area contributed by atoms with Crippen LogP contribution in [0.4, 0.5) is 11.8 Å². The number of hydrogen-bond acceptors (Lipinski definition) is 8. The van der Waals surface area contributed by atoms with E-state index in [-0.39, 0.29) is 25.2 Å². The molecule has 3 aromatic heterocycles. The molecule has 0 spiro atoms. The summed E-state index contributed by atoms with van der Waals surface area (Å²) in [6, 6.07) is 9.67. The molecule has 0 aliphatic rings. The second kappa shape index (κ2) is 9.37. The maximum Gasteiger partial charge on any atom is 0.222 e. The molecule has 0 saturated carbocycles. The number of benzene rings is 1.